The van der Waals surface area contributed by atoms with E-state index in [2.05, 4.69) is 5.32 Å². The predicted octanol–water partition coefficient (Wildman–Crippen LogP) is -0.941. The van der Waals surface area contributed by atoms with Crippen molar-refractivity contribution in [1.82, 2.24) is 5.32 Å². The van der Waals surface area contributed by atoms with Crippen LogP contribution in [0.3, 0.4) is 0 Å². The first-order valence-corrected chi connectivity index (χ1v) is 6.43. The molecule has 82 valence electrons. The predicted molar refractivity (Wildman–Crippen MR) is 51.5 cm³/mol. The third kappa shape index (κ3) is 2.68. The van der Waals surface area contributed by atoms with Gasteiger partial charge in [-0.25, -0.2) is 8.42 Å². The number of aliphatic hydroxyl groups excluding tert-OH is 1. The Morgan fingerprint density at radius 1 is 1.50 bits per heavy atom. The maximum Gasteiger partial charge on any atom is 0.238 e. The van der Waals surface area contributed by atoms with Gasteiger partial charge in [-0.15, -0.1) is 0 Å². The van der Waals surface area contributed by atoms with E-state index in [0.717, 1.165) is 6.26 Å². The van der Waals surface area contributed by atoms with Gasteiger partial charge >= 0.3 is 0 Å². The van der Waals surface area contributed by atoms with Gasteiger partial charge in [-0.3, -0.25) is 4.79 Å². The van der Waals surface area contributed by atoms with Gasteiger partial charge in [0.2, 0.25) is 5.91 Å². The molecule has 1 saturated carbocycles. The Bertz CT molecular complexity index is 318. The topological polar surface area (TPSA) is 83.5 Å². The summed E-state index contributed by atoms with van der Waals surface area (Å²) in [4.78, 5) is 11.3. The number of amides is 1. The van der Waals surface area contributed by atoms with Crippen LogP contribution in [-0.4, -0.2) is 43.1 Å². The fourth-order valence-corrected chi connectivity index (χ4v) is 1.68. The molecule has 0 spiro atoms. The first kappa shape index (κ1) is 11.5. The molecule has 5 nitrogen and oxygen atoms in total. The van der Waals surface area contributed by atoms with E-state index >= 15 is 0 Å². The molecule has 0 aromatic carbocycles. The molecular weight excluding hydrogens is 206 g/mol. The maximum absolute atomic E-state index is 11.3. The zero-order valence-corrected chi connectivity index (χ0v) is 9.04. The molecule has 0 saturated heterocycles. The summed E-state index contributed by atoms with van der Waals surface area (Å²) in [6.45, 7) is 1.36. The average molecular weight is 221 g/mol. The van der Waals surface area contributed by atoms with Gasteiger partial charge in [0.1, 0.15) is 5.25 Å². The van der Waals surface area contributed by atoms with Crippen molar-refractivity contribution < 1.29 is 18.3 Å². The molecule has 0 heterocycles. The monoisotopic (exact) mass is 221 g/mol. The molecule has 0 aromatic heterocycles. The smallest absolute Gasteiger partial charge is 0.238 e. The number of carbonyl (C=O) groups is 1. The van der Waals surface area contributed by atoms with Crippen molar-refractivity contribution >= 4 is 15.7 Å². The summed E-state index contributed by atoms with van der Waals surface area (Å²) < 4.78 is 22.0. The van der Waals surface area contributed by atoms with Crippen molar-refractivity contribution in [2.45, 2.75) is 37.2 Å². The lowest BCUT2D eigenvalue weighted by Crippen LogP contribution is -2.50. The molecule has 0 radical (unpaired) electrons. The zero-order chi connectivity index (χ0) is 10.9. The third-order valence-electron chi connectivity index (χ3n) is 2.47. The van der Waals surface area contributed by atoms with Crippen molar-refractivity contribution in [3.8, 4) is 0 Å². The molecule has 2 N–H and O–H groups in total. The highest BCUT2D eigenvalue weighted by Crippen LogP contribution is 2.19. The minimum absolute atomic E-state index is 0.0679. The molecular formula is C8H15NO4S. The molecule has 1 aliphatic carbocycles. The fraction of sp³-hybridized carbons (Fsp3) is 0.875. The quantitative estimate of drug-likeness (QED) is 0.644. The van der Waals surface area contributed by atoms with Gasteiger partial charge in [-0.2, -0.15) is 0 Å². The molecule has 14 heavy (non-hydrogen) atoms. The summed E-state index contributed by atoms with van der Waals surface area (Å²) in [5, 5.41) is 10.5. The van der Waals surface area contributed by atoms with Crippen molar-refractivity contribution in [1.29, 1.82) is 0 Å². The van der Waals surface area contributed by atoms with Gasteiger partial charge in [-0.1, -0.05) is 0 Å². The Morgan fingerprint density at radius 2 is 2.00 bits per heavy atom. The summed E-state index contributed by atoms with van der Waals surface area (Å²) in [5.41, 5.74) is 0. The highest BCUT2D eigenvalue weighted by Gasteiger charge is 2.31. The number of rotatable bonds is 3. The van der Waals surface area contributed by atoms with Gasteiger partial charge < -0.3 is 10.4 Å². The molecule has 1 atom stereocenters. The van der Waals surface area contributed by atoms with Crippen LogP contribution in [0.5, 0.6) is 0 Å². The van der Waals surface area contributed by atoms with E-state index < -0.39 is 21.0 Å². The van der Waals surface area contributed by atoms with Crippen LogP contribution in [0.4, 0.5) is 0 Å². The molecule has 1 rings (SSSR count). The SMILES string of the molecule is CC(C(=O)NC1CC(O)C1)S(C)(=O)=O. The van der Waals surface area contributed by atoms with Gasteiger partial charge in [0, 0.05) is 12.3 Å². The van der Waals surface area contributed by atoms with Crippen LogP contribution in [0, 0.1) is 0 Å². The Kier molecular flexibility index (Phi) is 3.16. The Labute approximate surface area is 83.4 Å². The van der Waals surface area contributed by atoms with E-state index in [4.69, 9.17) is 5.11 Å². The van der Waals surface area contributed by atoms with E-state index in [0.29, 0.717) is 12.8 Å². The van der Waals surface area contributed by atoms with Gasteiger partial charge in [0.25, 0.3) is 0 Å². The summed E-state index contributed by atoms with van der Waals surface area (Å²) in [5.74, 6) is -0.482. The van der Waals surface area contributed by atoms with Crippen LogP contribution < -0.4 is 5.32 Å². The molecule has 1 unspecified atom stereocenters. The lowest BCUT2D eigenvalue weighted by Gasteiger charge is -2.32. The number of aliphatic hydroxyl groups is 1. The molecule has 1 fully saturated rings. The van der Waals surface area contributed by atoms with Crippen molar-refractivity contribution in [3.63, 3.8) is 0 Å². The second kappa shape index (κ2) is 3.86. The van der Waals surface area contributed by atoms with E-state index in [-0.39, 0.29) is 12.1 Å². The van der Waals surface area contributed by atoms with Crippen LogP contribution in [0.2, 0.25) is 0 Å². The van der Waals surface area contributed by atoms with E-state index in [9.17, 15) is 13.2 Å². The normalized spacial score (nSPS) is 29.1. The van der Waals surface area contributed by atoms with Crippen LogP contribution >= 0.6 is 0 Å². The zero-order valence-electron chi connectivity index (χ0n) is 8.23. The number of nitrogens with one attached hydrogen (secondary N) is 1. The lowest BCUT2D eigenvalue weighted by molar-refractivity contribution is -0.122. The van der Waals surface area contributed by atoms with Gasteiger partial charge in [0.15, 0.2) is 9.84 Å². The molecule has 1 amide bonds. The number of carbonyl (C=O) groups excluding carboxylic acids is 1. The van der Waals surface area contributed by atoms with Crippen LogP contribution in [0.15, 0.2) is 0 Å². The highest BCUT2D eigenvalue weighted by atomic mass is 32.2. The number of hydrogen-bond acceptors (Lipinski definition) is 4. The number of sulfone groups is 1. The first-order chi connectivity index (χ1) is 6.30. The standard InChI is InChI=1S/C8H15NO4S/c1-5(14(2,12)13)8(11)9-6-3-7(10)4-6/h5-7,10H,3-4H2,1-2H3,(H,9,11). The van der Waals surface area contributed by atoms with E-state index in [1.54, 1.807) is 0 Å². The Balaban J connectivity index is 2.43. The molecule has 0 aromatic rings. The van der Waals surface area contributed by atoms with Crippen LogP contribution in [0.25, 0.3) is 0 Å². The van der Waals surface area contributed by atoms with Gasteiger partial charge in [-0.05, 0) is 19.8 Å². The summed E-state index contributed by atoms with van der Waals surface area (Å²) in [6, 6.07) is -0.0679. The van der Waals surface area contributed by atoms with Crippen LogP contribution in [0.1, 0.15) is 19.8 Å². The van der Waals surface area contributed by atoms with Crippen LogP contribution in [-0.2, 0) is 14.6 Å². The van der Waals surface area contributed by atoms with Crippen molar-refractivity contribution in [3.05, 3.63) is 0 Å². The van der Waals surface area contributed by atoms with Crippen molar-refractivity contribution in [2.24, 2.45) is 0 Å². The summed E-state index contributed by atoms with van der Waals surface area (Å²) in [7, 11) is -3.32. The Hall–Kier alpha value is -0.620. The highest BCUT2D eigenvalue weighted by molar-refractivity contribution is 7.92. The number of hydrogen-bond donors (Lipinski definition) is 2. The lowest BCUT2D eigenvalue weighted by atomic mass is 9.89. The van der Waals surface area contributed by atoms with Crippen molar-refractivity contribution in [2.75, 3.05) is 6.26 Å². The minimum atomic E-state index is -3.32. The third-order valence-corrected chi connectivity index (χ3v) is 3.97. The minimum Gasteiger partial charge on any atom is -0.393 e. The fourth-order valence-electron chi connectivity index (χ4n) is 1.22. The molecule has 6 heteroatoms. The van der Waals surface area contributed by atoms with Gasteiger partial charge in [0.05, 0.1) is 6.10 Å². The molecule has 0 aliphatic heterocycles. The van der Waals surface area contributed by atoms with E-state index in [1.807, 2.05) is 0 Å². The second-order valence-electron chi connectivity index (χ2n) is 3.80. The largest absolute Gasteiger partial charge is 0.393 e. The Morgan fingerprint density at radius 3 is 2.36 bits per heavy atom. The average Bonchev–Trinajstić information content (AvgIpc) is 1.98. The first-order valence-electron chi connectivity index (χ1n) is 4.48. The molecule has 0 bridgehead atoms. The maximum atomic E-state index is 11.3. The summed E-state index contributed by atoms with van der Waals surface area (Å²) >= 11 is 0. The molecule has 1 aliphatic rings. The van der Waals surface area contributed by atoms with E-state index in [1.165, 1.54) is 6.92 Å². The second-order valence-corrected chi connectivity index (χ2v) is 6.17. The summed E-state index contributed by atoms with van der Waals surface area (Å²) in [6.07, 6.45) is 1.71.